The summed E-state index contributed by atoms with van der Waals surface area (Å²) in [6.07, 6.45) is -1.29. The number of nitrogens with zero attached hydrogens (tertiary/aromatic N) is 1. The van der Waals surface area contributed by atoms with Crippen molar-refractivity contribution >= 4 is 17.2 Å². The highest BCUT2D eigenvalue weighted by molar-refractivity contribution is 7.07. The molecule has 3 atom stereocenters. The third kappa shape index (κ3) is 3.21. The number of amides is 1. The monoisotopic (exact) mass is 317 g/mol. The largest absolute Gasteiger partial charge is 0.378 e. The van der Waals surface area contributed by atoms with Gasteiger partial charge in [0.15, 0.2) is 6.10 Å². The lowest BCUT2D eigenvalue weighted by atomic mass is 10.1. The van der Waals surface area contributed by atoms with Crippen molar-refractivity contribution in [1.29, 1.82) is 0 Å². The molecule has 116 valence electrons. The Morgan fingerprint density at radius 2 is 2.09 bits per heavy atom. The number of aliphatic hydroxyl groups is 1. The lowest BCUT2D eigenvalue weighted by molar-refractivity contribution is -0.153. The van der Waals surface area contributed by atoms with E-state index in [9.17, 15) is 9.90 Å². The van der Waals surface area contributed by atoms with Crippen LogP contribution in [0.3, 0.4) is 0 Å². The van der Waals surface area contributed by atoms with Crippen LogP contribution in [-0.2, 0) is 9.53 Å². The molecule has 1 aromatic heterocycles. The van der Waals surface area contributed by atoms with E-state index < -0.39 is 6.10 Å². The normalized spacial score (nSPS) is 23.3. The molecule has 2 aromatic rings. The molecule has 22 heavy (non-hydrogen) atoms. The Morgan fingerprint density at radius 3 is 2.77 bits per heavy atom. The van der Waals surface area contributed by atoms with Crippen LogP contribution < -0.4 is 0 Å². The number of carbonyl (C=O) groups is 1. The van der Waals surface area contributed by atoms with E-state index in [1.807, 2.05) is 41.9 Å². The third-order valence-electron chi connectivity index (χ3n) is 3.84. The van der Waals surface area contributed by atoms with Crippen molar-refractivity contribution < 1.29 is 14.6 Å². The molecule has 1 saturated heterocycles. The summed E-state index contributed by atoms with van der Waals surface area (Å²) in [5, 5.41) is 14.4. The molecular formula is C17H19NO3S. The number of thiophene rings is 1. The van der Waals surface area contributed by atoms with E-state index in [4.69, 9.17) is 4.74 Å². The van der Waals surface area contributed by atoms with E-state index in [0.29, 0.717) is 18.7 Å². The Kier molecular flexibility index (Phi) is 4.57. The molecule has 1 fully saturated rings. The molecule has 3 rings (SSSR count). The maximum Gasteiger partial charge on any atom is 0.256 e. The van der Waals surface area contributed by atoms with Crippen LogP contribution in [0, 0.1) is 0 Å². The molecule has 1 aliphatic heterocycles. The topological polar surface area (TPSA) is 49.8 Å². The zero-order valence-electron chi connectivity index (χ0n) is 12.4. The van der Waals surface area contributed by atoms with Crippen molar-refractivity contribution in [1.82, 2.24) is 4.90 Å². The maximum atomic E-state index is 12.6. The molecule has 1 amide bonds. The molecule has 1 aromatic carbocycles. The highest BCUT2D eigenvalue weighted by Crippen LogP contribution is 2.28. The van der Waals surface area contributed by atoms with Gasteiger partial charge in [0.2, 0.25) is 0 Å². The number of carbonyl (C=O) groups excluding carboxylic acids is 1. The summed E-state index contributed by atoms with van der Waals surface area (Å²) in [5.74, 6) is -0.262. The summed E-state index contributed by atoms with van der Waals surface area (Å²) < 4.78 is 5.93. The minimum absolute atomic E-state index is 0.0504. The van der Waals surface area contributed by atoms with Crippen molar-refractivity contribution in [3.63, 3.8) is 0 Å². The van der Waals surface area contributed by atoms with Crippen molar-refractivity contribution in [2.24, 2.45) is 0 Å². The van der Waals surface area contributed by atoms with Gasteiger partial charge in [-0.25, -0.2) is 0 Å². The Balaban J connectivity index is 1.74. The quantitative estimate of drug-likeness (QED) is 0.947. The van der Waals surface area contributed by atoms with E-state index in [-0.39, 0.29) is 18.1 Å². The van der Waals surface area contributed by atoms with Gasteiger partial charge in [-0.2, -0.15) is 11.3 Å². The predicted molar refractivity (Wildman–Crippen MR) is 85.6 cm³/mol. The summed E-state index contributed by atoms with van der Waals surface area (Å²) >= 11 is 1.61. The van der Waals surface area contributed by atoms with Gasteiger partial charge in [-0.1, -0.05) is 30.3 Å². The molecule has 1 N–H and O–H groups in total. The minimum Gasteiger partial charge on any atom is -0.378 e. The van der Waals surface area contributed by atoms with E-state index in [1.54, 1.807) is 28.4 Å². The fraction of sp³-hybridized carbons (Fsp3) is 0.353. The van der Waals surface area contributed by atoms with Crippen LogP contribution >= 0.6 is 11.3 Å². The Bertz CT molecular complexity index is 614. The van der Waals surface area contributed by atoms with Gasteiger partial charge in [-0.15, -0.1) is 0 Å². The van der Waals surface area contributed by atoms with Gasteiger partial charge in [0.05, 0.1) is 12.6 Å². The van der Waals surface area contributed by atoms with Crippen molar-refractivity contribution in [3.05, 3.63) is 58.3 Å². The maximum absolute atomic E-state index is 12.6. The number of ether oxygens (including phenoxy) is 1. The van der Waals surface area contributed by atoms with Gasteiger partial charge >= 0.3 is 0 Å². The fourth-order valence-electron chi connectivity index (χ4n) is 2.72. The van der Waals surface area contributed by atoms with Gasteiger partial charge in [0, 0.05) is 6.54 Å². The van der Waals surface area contributed by atoms with Crippen LogP contribution in [0.25, 0.3) is 0 Å². The highest BCUT2D eigenvalue weighted by atomic mass is 32.1. The Morgan fingerprint density at radius 1 is 1.32 bits per heavy atom. The first kappa shape index (κ1) is 15.2. The number of benzene rings is 1. The van der Waals surface area contributed by atoms with E-state index in [2.05, 4.69) is 0 Å². The summed E-state index contributed by atoms with van der Waals surface area (Å²) in [4.78, 5) is 14.3. The van der Waals surface area contributed by atoms with Gasteiger partial charge < -0.3 is 14.7 Å². The lowest BCUT2D eigenvalue weighted by Crippen LogP contribution is -2.47. The first-order valence-corrected chi connectivity index (χ1v) is 8.29. The molecule has 0 saturated carbocycles. The van der Waals surface area contributed by atoms with Crippen LogP contribution in [0.2, 0.25) is 0 Å². The van der Waals surface area contributed by atoms with Gasteiger partial charge in [-0.3, -0.25) is 4.79 Å². The van der Waals surface area contributed by atoms with E-state index >= 15 is 0 Å². The molecule has 0 spiro atoms. The fourth-order valence-corrected chi connectivity index (χ4v) is 3.43. The Hall–Kier alpha value is -1.69. The average Bonchev–Trinajstić information content (AvgIpc) is 3.08. The minimum atomic E-state index is -1.12. The number of rotatable bonds is 3. The molecule has 5 heteroatoms. The number of morpholine rings is 1. The standard InChI is InChI=1S/C17H19NO3S/c1-12-9-18(10-15(21-12)14-7-8-22-11-14)17(20)16(19)13-5-3-2-4-6-13/h2-8,11-12,15-16,19H,9-10H2,1H3. The zero-order chi connectivity index (χ0) is 15.5. The van der Waals surface area contributed by atoms with Gasteiger partial charge in [0.1, 0.15) is 6.10 Å². The van der Waals surface area contributed by atoms with Crippen LogP contribution in [0.1, 0.15) is 30.3 Å². The molecular weight excluding hydrogens is 298 g/mol. The highest BCUT2D eigenvalue weighted by Gasteiger charge is 2.32. The van der Waals surface area contributed by atoms with Crippen LogP contribution in [0.4, 0.5) is 0 Å². The number of hydrogen-bond acceptors (Lipinski definition) is 4. The summed E-state index contributed by atoms with van der Waals surface area (Å²) in [7, 11) is 0. The summed E-state index contributed by atoms with van der Waals surface area (Å²) in [5.41, 5.74) is 1.71. The van der Waals surface area contributed by atoms with Crippen LogP contribution in [0.15, 0.2) is 47.2 Å². The Labute approximate surface area is 134 Å². The molecule has 1 aliphatic rings. The average molecular weight is 317 g/mol. The van der Waals surface area contributed by atoms with E-state index in [0.717, 1.165) is 5.56 Å². The van der Waals surface area contributed by atoms with E-state index in [1.165, 1.54) is 0 Å². The third-order valence-corrected chi connectivity index (χ3v) is 4.54. The van der Waals surface area contributed by atoms with Crippen LogP contribution in [-0.4, -0.2) is 35.1 Å². The second-order valence-electron chi connectivity index (χ2n) is 5.55. The molecule has 4 nitrogen and oxygen atoms in total. The van der Waals surface area contributed by atoms with Crippen molar-refractivity contribution in [3.8, 4) is 0 Å². The predicted octanol–water partition coefficient (Wildman–Crippen LogP) is 2.77. The van der Waals surface area contributed by atoms with Crippen molar-refractivity contribution in [2.75, 3.05) is 13.1 Å². The number of aliphatic hydroxyl groups excluding tert-OH is 1. The molecule has 0 aliphatic carbocycles. The SMILES string of the molecule is CC1CN(C(=O)C(O)c2ccccc2)CC(c2ccsc2)O1. The zero-order valence-corrected chi connectivity index (χ0v) is 13.2. The molecule has 0 bridgehead atoms. The second kappa shape index (κ2) is 6.60. The molecule has 0 radical (unpaired) electrons. The first-order valence-electron chi connectivity index (χ1n) is 7.34. The van der Waals surface area contributed by atoms with Gasteiger partial charge in [0.25, 0.3) is 5.91 Å². The second-order valence-corrected chi connectivity index (χ2v) is 6.33. The van der Waals surface area contributed by atoms with Gasteiger partial charge in [-0.05, 0) is 34.9 Å². The number of hydrogen-bond donors (Lipinski definition) is 1. The molecule has 3 unspecified atom stereocenters. The summed E-state index contributed by atoms with van der Waals surface area (Å²) in [6.45, 7) is 2.93. The van der Waals surface area contributed by atoms with Crippen LogP contribution in [0.5, 0.6) is 0 Å². The summed E-state index contributed by atoms with van der Waals surface area (Å²) in [6, 6.07) is 11.1. The lowest BCUT2D eigenvalue weighted by Gasteiger charge is -2.37. The van der Waals surface area contributed by atoms with Crippen molar-refractivity contribution in [2.45, 2.75) is 25.2 Å². The smallest absolute Gasteiger partial charge is 0.256 e. The molecule has 2 heterocycles. The first-order chi connectivity index (χ1) is 10.6.